The molecule has 6 nitrogen and oxygen atoms in total. The van der Waals surface area contributed by atoms with Crippen molar-refractivity contribution in [2.45, 2.75) is 19.9 Å². The van der Waals surface area contributed by atoms with Crippen LogP contribution in [0.1, 0.15) is 13.8 Å². The molecule has 1 aliphatic rings. The van der Waals surface area contributed by atoms with E-state index in [0.29, 0.717) is 11.6 Å². The highest BCUT2D eigenvalue weighted by atomic mass is 19.1. The van der Waals surface area contributed by atoms with Crippen molar-refractivity contribution in [2.75, 3.05) is 36.8 Å². The standard InChI is InChI=1S/C27H26F3N5O/c1-15(2)34-7-9-35(10-8-34)17-5-3-16(4-6-17)18-11-21(26(31)33-25(18)30)19-12-20-22(13-23(19)28)27(36)32-14-24(20)29/h3-6,11-15H,7-10H2,1-2H3,(H2,31,33)(H,32,36). The molecule has 3 heterocycles. The fourth-order valence-electron chi connectivity index (χ4n) is 4.72. The van der Waals surface area contributed by atoms with E-state index in [-0.39, 0.29) is 33.3 Å². The molecule has 0 spiro atoms. The third kappa shape index (κ3) is 4.30. The lowest BCUT2D eigenvalue weighted by Gasteiger charge is -2.38. The molecule has 36 heavy (non-hydrogen) atoms. The molecule has 9 heteroatoms. The van der Waals surface area contributed by atoms with Crippen LogP contribution in [0.3, 0.4) is 0 Å². The lowest BCUT2D eigenvalue weighted by Crippen LogP contribution is -2.48. The first-order valence-corrected chi connectivity index (χ1v) is 11.8. The molecule has 1 aliphatic heterocycles. The van der Waals surface area contributed by atoms with E-state index in [1.54, 1.807) is 12.1 Å². The zero-order valence-corrected chi connectivity index (χ0v) is 20.0. The number of H-pyrrole nitrogens is 1. The topological polar surface area (TPSA) is 78.2 Å². The van der Waals surface area contributed by atoms with E-state index < -0.39 is 23.1 Å². The number of aromatic nitrogens is 2. The van der Waals surface area contributed by atoms with Gasteiger partial charge < -0.3 is 15.6 Å². The number of nitrogens with zero attached hydrogens (tertiary/aromatic N) is 3. The number of benzene rings is 2. The van der Waals surface area contributed by atoms with Gasteiger partial charge >= 0.3 is 0 Å². The summed E-state index contributed by atoms with van der Waals surface area (Å²) >= 11 is 0. The molecule has 0 aliphatic carbocycles. The molecule has 0 atom stereocenters. The first-order chi connectivity index (χ1) is 17.2. The monoisotopic (exact) mass is 493 g/mol. The van der Waals surface area contributed by atoms with Crippen molar-refractivity contribution in [1.82, 2.24) is 14.9 Å². The number of aromatic amines is 1. The zero-order chi connectivity index (χ0) is 25.6. The average Bonchev–Trinajstić information content (AvgIpc) is 2.87. The van der Waals surface area contributed by atoms with E-state index in [2.05, 4.69) is 33.6 Å². The molecule has 0 bridgehead atoms. The fraction of sp³-hybridized carbons (Fsp3) is 0.259. The Bertz CT molecular complexity index is 1490. The smallest absolute Gasteiger partial charge is 0.256 e. The van der Waals surface area contributed by atoms with Gasteiger partial charge in [0.2, 0.25) is 5.95 Å². The number of fused-ring (bicyclic) bond motifs is 1. The molecule has 5 rings (SSSR count). The largest absolute Gasteiger partial charge is 0.383 e. The van der Waals surface area contributed by atoms with Crippen LogP contribution in [0.5, 0.6) is 0 Å². The van der Waals surface area contributed by atoms with E-state index in [1.165, 1.54) is 12.1 Å². The van der Waals surface area contributed by atoms with Crippen molar-refractivity contribution in [1.29, 1.82) is 0 Å². The van der Waals surface area contributed by atoms with Gasteiger partial charge in [0.05, 0.1) is 5.39 Å². The number of halogens is 3. The SMILES string of the molecule is CC(C)N1CCN(c2ccc(-c3cc(-c4cc5c(F)c[nH]c(=O)c5cc4F)c(N)nc3F)cc2)CC1. The van der Waals surface area contributed by atoms with Crippen LogP contribution in [0.2, 0.25) is 0 Å². The predicted molar refractivity (Wildman–Crippen MR) is 136 cm³/mol. The van der Waals surface area contributed by atoms with Gasteiger partial charge in [0.15, 0.2) is 0 Å². The van der Waals surface area contributed by atoms with Crippen molar-refractivity contribution in [2.24, 2.45) is 0 Å². The normalized spacial score (nSPS) is 14.7. The Morgan fingerprint density at radius 2 is 1.58 bits per heavy atom. The van der Waals surface area contributed by atoms with Gasteiger partial charge in [-0.2, -0.15) is 4.39 Å². The summed E-state index contributed by atoms with van der Waals surface area (Å²) in [5.74, 6) is -2.54. The number of piperazine rings is 1. The Hall–Kier alpha value is -3.85. The highest BCUT2D eigenvalue weighted by Gasteiger charge is 2.21. The van der Waals surface area contributed by atoms with Crippen molar-refractivity contribution in [3.8, 4) is 22.3 Å². The number of hydrogen-bond acceptors (Lipinski definition) is 5. The average molecular weight is 494 g/mol. The molecule has 0 amide bonds. The van der Waals surface area contributed by atoms with Crippen molar-refractivity contribution in [3.05, 3.63) is 76.6 Å². The van der Waals surface area contributed by atoms with Crippen LogP contribution in [0, 0.1) is 17.6 Å². The molecular weight excluding hydrogens is 467 g/mol. The minimum absolute atomic E-state index is 0.0673. The van der Waals surface area contributed by atoms with E-state index >= 15 is 4.39 Å². The summed E-state index contributed by atoms with van der Waals surface area (Å²) in [4.78, 5) is 22.7. The molecule has 2 aromatic heterocycles. The molecule has 0 unspecified atom stereocenters. The number of hydrogen-bond donors (Lipinski definition) is 2. The molecule has 2 aromatic carbocycles. The maximum absolute atomic E-state index is 15.0. The van der Waals surface area contributed by atoms with Crippen molar-refractivity contribution in [3.63, 3.8) is 0 Å². The third-order valence-electron chi connectivity index (χ3n) is 6.82. The Labute approximate surface area is 206 Å². The highest BCUT2D eigenvalue weighted by Crippen LogP contribution is 2.35. The minimum Gasteiger partial charge on any atom is -0.383 e. The Morgan fingerprint density at radius 1 is 0.889 bits per heavy atom. The summed E-state index contributed by atoms with van der Waals surface area (Å²) in [7, 11) is 0. The number of nitrogen functional groups attached to an aromatic ring is 1. The molecule has 186 valence electrons. The summed E-state index contributed by atoms with van der Waals surface area (Å²) < 4.78 is 44.2. The number of pyridine rings is 2. The maximum atomic E-state index is 15.0. The second kappa shape index (κ2) is 9.31. The first-order valence-electron chi connectivity index (χ1n) is 11.8. The molecule has 1 saturated heterocycles. The van der Waals surface area contributed by atoms with Gasteiger partial charge in [-0.15, -0.1) is 0 Å². The summed E-state index contributed by atoms with van der Waals surface area (Å²) in [6.07, 6.45) is 0.911. The second-order valence-electron chi connectivity index (χ2n) is 9.27. The van der Waals surface area contributed by atoms with Crippen LogP contribution < -0.4 is 16.2 Å². The van der Waals surface area contributed by atoms with Gasteiger partial charge in [0, 0.05) is 66.2 Å². The number of anilines is 2. The van der Waals surface area contributed by atoms with E-state index in [4.69, 9.17) is 5.73 Å². The minimum atomic E-state index is -0.793. The second-order valence-corrected chi connectivity index (χ2v) is 9.27. The van der Waals surface area contributed by atoms with Crippen LogP contribution >= 0.6 is 0 Å². The van der Waals surface area contributed by atoms with Gasteiger partial charge in [-0.05, 0) is 49.7 Å². The first kappa shape index (κ1) is 23.9. The maximum Gasteiger partial charge on any atom is 0.256 e. The van der Waals surface area contributed by atoms with E-state index in [1.807, 2.05) is 12.1 Å². The quantitative estimate of drug-likeness (QED) is 0.400. The van der Waals surface area contributed by atoms with Gasteiger partial charge in [-0.1, -0.05) is 12.1 Å². The Morgan fingerprint density at radius 3 is 2.25 bits per heavy atom. The number of rotatable bonds is 4. The van der Waals surface area contributed by atoms with Crippen LogP contribution in [-0.2, 0) is 0 Å². The lowest BCUT2D eigenvalue weighted by atomic mass is 9.98. The van der Waals surface area contributed by atoms with Crippen LogP contribution in [0.15, 0.2) is 53.5 Å². The van der Waals surface area contributed by atoms with Crippen LogP contribution in [-0.4, -0.2) is 47.1 Å². The summed E-state index contributed by atoms with van der Waals surface area (Å²) in [5, 5.41) is -0.197. The van der Waals surface area contributed by atoms with Gasteiger partial charge in [0.25, 0.3) is 5.56 Å². The van der Waals surface area contributed by atoms with Gasteiger partial charge in [-0.25, -0.2) is 13.8 Å². The number of nitrogens with one attached hydrogen (secondary N) is 1. The van der Waals surface area contributed by atoms with Crippen LogP contribution in [0.4, 0.5) is 24.7 Å². The summed E-state index contributed by atoms with van der Waals surface area (Å²) in [5.41, 5.74) is 7.09. The third-order valence-corrected chi connectivity index (χ3v) is 6.82. The molecule has 0 radical (unpaired) electrons. The van der Waals surface area contributed by atoms with Gasteiger partial charge in [0.1, 0.15) is 17.5 Å². The lowest BCUT2D eigenvalue weighted by molar-refractivity contribution is 0.209. The van der Waals surface area contributed by atoms with Crippen molar-refractivity contribution < 1.29 is 13.2 Å². The molecule has 4 aromatic rings. The fourth-order valence-corrected chi connectivity index (χ4v) is 4.72. The van der Waals surface area contributed by atoms with E-state index in [0.717, 1.165) is 44.1 Å². The van der Waals surface area contributed by atoms with E-state index in [9.17, 15) is 13.6 Å². The van der Waals surface area contributed by atoms with Crippen LogP contribution in [0.25, 0.3) is 33.0 Å². The zero-order valence-electron chi connectivity index (χ0n) is 20.0. The summed E-state index contributed by atoms with van der Waals surface area (Å²) in [6.45, 7) is 8.13. The molecule has 3 N–H and O–H groups in total. The van der Waals surface area contributed by atoms with Crippen molar-refractivity contribution >= 4 is 22.3 Å². The predicted octanol–water partition coefficient (Wildman–Crippen LogP) is 4.79. The summed E-state index contributed by atoms with van der Waals surface area (Å²) in [6, 6.07) is 11.5. The van der Waals surface area contributed by atoms with Gasteiger partial charge in [-0.3, -0.25) is 9.69 Å². The Kier molecular flexibility index (Phi) is 6.17. The molecule has 1 fully saturated rings. The highest BCUT2D eigenvalue weighted by molar-refractivity contribution is 5.90. The molecular formula is C27H26F3N5O. The molecule has 0 saturated carbocycles. The number of nitrogens with two attached hydrogens (primary N) is 1. The Balaban J connectivity index is 1.50.